The summed E-state index contributed by atoms with van der Waals surface area (Å²) in [4.78, 5) is 25.8. The first-order valence-electron chi connectivity index (χ1n) is 9.27. The highest BCUT2D eigenvalue weighted by Crippen LogP contribution is 2.25. The smallest absolute Gasteiger partial charge is 0.410 e. The predicted molar refractivity (Wildman–Crippen MR) is 109 cm³/mol. The van der Waals surface area contributed by atoms with E-state index in [-0.39, 0.29) is 24.5 Å². The molecular weight excluding hydrogens is 394 g/mol. The predicted octanol–water partition coefficient (Wildman–Crippen LogP) is 1.94. The lowest BCUT2D eigenvalue weighted by Crippen LogP contribution is -2.61. The highest BCUT2D eigenvalue weighted by molar-refractivity contribution is 7.89. The maximum Gasteiger partial charge on any atom is 0.410 e. The molecule has 0 aromatic heterocycles. The van der Waals surface area contributed by atoms with Gasteiger partial charge in [0.1, 0.15) is 11.6 Å². The summed E-state index contributed by atoms with van der Waals surface area (Å²) in [6.45, 7) is 5.09. The van der Waals surface area contributed by atoms with Crippen LogP contribution >= 0.6 is 0 Å². The molecule has 1 heterocycles. The van der Waals surface area contributed by atoms with Gasteiger partial charge in [-0.1, -0.05) is 30.3 Å². The summed E-state index contributed by atoms with van der Waals surface area (Å²) in [6.07, 6.45) is -0.605. The van der Waals surface area contributed by atoms with E-state index in [2.05, 4.69) is 0 Å². The fourth-order valence-electron chi connectivity index (χ4n) is 3.24. The fraction of sp³-hybridized carbons (Fsp3) is 0.400. The molecule has 2 aromatic carbocycles. The van der Waals surface area contributed by atoms with E-state index < -0.39 is 33.7 Å². The van der Waals surface area contributed by atoms with Gasteiger partial charge < -0.3 is 15.4 Å². The molecule has 1 unspecified atom stereocenters. The summed E-state index contributed by atoms with van der Waals surface area (Å²) in [5, 5.41) is 1.68. The highest BCUT2D eigenvalue weighted by atomic mass is 32.2. The van der Waals surface area contributed by atoms with Gasteiger partial charge in [-0.05, 0) is 43.7 Å². The second-order valence-electron chi connectivity index (χ2n) is 7.97. The van der Waals surface area contributed by atoms with Crippen LogP contribution in [0.4, 0.5) is 4.79 Å². The number of carbonyl (C=O) groups is 2. The minimum atomic E-state index is -3.98. The molecule has 3 rings (SSSR count). The topological polar surface area (TPSA) is 110 Å². The Morgan fingerprint density at radius 1 is 1.07 bits per heavy atom. The van der Waals surface area contributed by atoms with Gasteiger partial charge in [0, 0.05) is 19.6 Å². The van der Waals surface area contributed by atoms with E-state index >= 15 is 0 Å². The van der Waals surface area contributed by atoms with E-state index in [1.807, 2.05) is 24.3 Å². The molecule has 2 aromatic rings. The molecule has 0 aliphatic carbocycles. The summed E-state index contributed by atoms with van der Waals surface area (Å²) >= 11 is 0. The van der Waals surface area contributed by atoms with E-state index in [0.29, 0.717) is 0 Å². The molecule has 2 amide bonds. The normalized spacial score (nSPS) is 18.6. The molecule has 0 radical (unpaired) electrons. The lowest BCUT2D eigenvalue weighted by molar-refractivity contribution is -0.123. The van der Waals surface area contributed by atoms with Crippen molar-refractivity contribution in [3.05, 3.63) is 42.5 Å². The Morgan fingerprint density at radius 3 is 2.34 bits per heavy atom. The van der Waals surface area contributed by atoms with Gasteiger partial charge >= 0.3 is 6.09 Å². The number of amides is 2. The molecule has 1 saturated heterocycles. The first kappa shape index (κ1) is 21.1. The Kier molecular flexibility index (Phi) is 5.55. The molecule has 2 N–H and O–H groups in total. The van der Waals surface area contributed by atoms with Crippen molar-refractivity contribution in [2.75, 3.05) is 19.6 Å². The molecule has 8 nitrogen and oxygen atoms in total. The second-order valence-corrected chi connectivity index (χ2v) is 9.86. The first-order chi connectivity index (χ1) is 13.5. The van der Waals surface area contributed by atoms with Gasteiger partial charge in [0.2, 0.25) is 15.9 Å². The standard InChI is InChI=1S/C20H25N3O5S/c1-20(2,3)28-19(25)22-10-11-23(17(13-22)18(21)24)29(26,27)16-9-8-14-6-4-5-7-15(14)12-16/h4-9,12,17H,10-11,13H2,1-3H3,(H2,21,24). The van der Waals surface area contributed by atoms with Gasteiger partial charge in [-0.3, -0.25) is 4.79 Å². The summed E-state index contributed by atoms with van der Waals surface area (Å²) in [5.41, 5.74) is 4.79. The first-order valence-corrected chi connectivity index (χ1v) is 10.7. The van der Waals surface area contributed by atoms with Crippen molar-refractivity contribution >= 4 is 32.8 Å². The van der Waals surface area contributed by atoms with Gasteiger partial charge in [-0.25, -0.2) is 13.2 Å². The molecule has 0 bridgehead atoms. The third-order valence-corrected chi connectivity index (χ3v) is 6.54. The molecule has 1 atom stereocenters. The van der Waals surface area contributed by atoms with E-state index in [1.54, 1.807) is 32.9 Å². The van der Waals surface area contributed by atoms with Crippen LogP contribution in [0.5, 0.6) is 0 Å². The number of rotatable bonds is 3. The Morgan fingerprint density at radius 2 is 1.72 bits per heavy atom. The minimum absolute atomic E-state index is 0.0536. The number of fused-ring (bicyclic) bond motifs is 1. The average molecular weight is 420 g/mol. The SMILES string of the molecule is CC(C)(C)OC(=O)N1CCN(S(=O)(=O)c2ccc3ccccc3c2)C(C(N)=O)C1. The third-order valence-electron chi connectivity index (χ3n) is 4.64. The Bertz CT molecular complexity index is 1050. The summed E-state index contributed by atoms with van der Waals surface area (Å²) in [7, 11) is -3.98. The molecule has 1 aliphatic rings. The van der Waals surface area contributed by atoms with Gasteiger partial charge in [0.25, 0.3) is 0 Å². The molecule has 0 spiro atoms. The van der Waals surface area contributed by atoms with Crippen molar-refractivity contribution in [1.82, 2.24) is 9.21 Å². The molecule has 1 fully saturated rings. The Labute approximate surface area is 170 Å². The lowest BCUT2D eigenvalue weighted by Gasteiger charge is -2.39. The zero-order valence-electron chi connectivity index (χ0n) is 16.7. The fourth-order valence-corrected chi connectivity index (χ4v) is 4.86. The van der Waals surface area contributed by atoms with Crippen molar-refractivity contribution in [3.63, 3.8) is 0 Å². The molecule has 29 heavy (non-hydrogen) atoms. The van der Waals surface area contributed by atoms with E-state index in [9.17, 15) is 18.0 Å². The van der Waals surface area contributed by atoms with Crippen LogP contribution in [0.2, 0.25) is 0 Å². The van der Waals surface area contributed by atoms with Gasteiger partial charge in [-0.15, -0.1) is 0 Å². The summed E-state index contributed by atoms with van der Waals surface area (Å²) in [5.74, 6) is -0.817. The third kappa shape index (κ3) is 4.51. The number of nitrogens with two attached hydrogens (primary N) is 1. The molecule has 0 saturated carbocycles. The number of carbonyl (C=O) groups excluding carboxylic acids is 2. The van der Waals surface area contributed by atoms with Gasteiger partial charge in [0.15, 0.2) is 0 Å². The molecule has 9 heteroatoms. The van der Waals surface area contributed by atoms with Crippen molar-refractivity contribution in [1.29, 1.82) is 0 Å². The number of nitrogens with zero attached hydrogens (tertiary/aromatic N) is 2. The van der Waals surface area contributed by atoms with Crippen LogP contribution in [0, 0.1) is 0 Å². The van der Waals surface area contributed by atoms with Crippen LogP contribution in [-0.2, 0) is 19.6 Å². The van der Waals surface area contributed by atoms with Gasteiger partial charge in [-0.2, -0.15) is 4.31 Å². The van der Waals surface area contributed by atoms with E-state index in [1.165, 1.54) is 11.0 Å². The highest BCUT2D eigenvalue weighted by Gasteiger charge is 2.41. The largest absolute Gasteiger partial charge is 0.444 e. The average Bonchev–Trinajstić information content (AvgIpc) is 2.65. The van der Waals surface area contributed by atoms with Crippen molar-refractivity contribution < 1.29 is 22.7 Å². The summed E-state index contributed by atoms with van der Waals surface area (Å²) < 4.78 is 32.9. The number of benzene rings is 2. The van der Waals surface area contributed by atoms with Crippen molar-refractivity contribution in [2.45, 2.75) is 37.3 Å². The lowest BCUT2D eigenvalue weighted by atomic mass is 10.1. The second kappa shape index (κ2) is 7.64. The van der Waals surface area contributed by atoms with Crippen molar-refractivity contribution in [3.8, 4) is 0 Å². The number of piperazine rings is 1. The van der Waals surface area contributed by atoms with Crippen LogP contribution in [-0.4, -0.2) is 60.9 Å². The number of hydrogen-bond acceptors (Lipinski definition) is 5. The Balaban J connectivity index is 1.88. The van der Waals surface area contributed by atoms with Crippen LogP contribution in [0.15, 0.2) is 47.4 Å². The minimum Gasteiger partial charge on any atom is -0.444 e. The number of primary amides is 1. The van der Waals surface area contributed by atoms with E-state index in [0.717, 1.165) is 15.1 Å². The molecular formula is C20H25N3O5S. The maximum atomic E-state index is 13.2. The Hall–Kier alpha value is -2.65. The van der Waals surface area contributed by atoms with Crippen LogP contribution in [0.1, 0.15) is 20.8 Å². The number of sulfonamides is 1. The van der Waals surface area contributed by atoms with Crippen molar-refractivity contribution in [2.24, 2.45) is 5.73 Å². The molecule has 1 aliphatic heterocycles. The van der Waals surface area contributed by atoms with Crippen LogP contribution < -0.4 is 5.73 Å². The summed E-state index contributed by atoms with van der Waals surface area (Å²) in [6, 6.07) is 11.0. The zero-order valence-corrected chi connectivity index (χ0v) is 17.5. The quantitative estimate of drug-likeness (QED) is 0.817. The number of ether oxygens (including phenoxy) is 1. The molecule has 156 valence electrons. The van der Waals surface area contributed by atoms with Crippen LogP contribution in [0.3, 0.4) is 0 Å². The van der Waals surface area contributed by atoms with Gasteiger partial charge in [0.05, 0.1) is 4.90 Å². The maximum absolute atomic E-state index is 13.2. The van der Waals surface area contributed by atoms with Crippen LogP contribution in [0.25, 0.3) is 10.8 Å². The monoisotopic (exact) mass is 419 g/mol. The number of hydrogen-bond donors (Lipinski definition) is 1. The zero-order chi connectivity index (χ0) is 21.4. The van der Waals surface area contributed by atoms with E-state index in [4.69, 9.17) is 10.5 Å².